The topological polar surface area (TPSA) is 42.0 Å². The summed E-state index contributed by atoms with van der Waals surface area (Å²) < 4.78 is 2.37. The van der Waals surface area contributed by atoms with Crippen molar-refractivity contribution in [2.24, 2.45) is 15.0 Å². The van der Waals surface area contributed by atoms with Crippen LogP contribution in [0.25, 0.3) is 82.4 Å². The largest absolute Gasteiger partial charge is 0.309 e. The van der Waals surface area contributed by atoms with Crippen LogP contribution in [-0.2, 0) is 25.0 Å². The molecule has 0 radical (unpaired) electrons. The summed E-state index contributed by atoms with van der Waals surface area (Å²) in [6.45, 7) is 17.3. The third-order valence-electron chi connectivity index (χ3n) is 13.5. The summed E-state index contributed by atoms with van der Waals surface area (Å²) in [6, 6.07) is 78.4. The maximum Gasteiger partial charge on any atom is 0.0632 e. The van der Waals surface area contributed by atoms with E-state index in [1.807, 2.05) is 24.3 Å². The molecule has 11 aromatic rings. The predicted octanol–water partition coefficient (Wildman–Crippen LogP) is 16.7. The number of hydrogen-bond acceptors (Lipinski definition) is 3. The molecule has 4 nitrogen and oxygen atoms in total. The number of hydrogen-bond donors (Lipinski definition) is 0. The molecule has 0 saturated carbocycles. The normalized spacial score (nSPS) is 12.1. The van der Waals surface area contributed by atoms with E-state index in [0.717, 1.165) is 11.3 Å². The Balaban J connectivity index is 0.000000172. The monoisotopic (exact) mass is 890 g/mol. The second-order valence-electron chi connectivity index (χ2n) is 18.2. The van der Waals surface area contributed by atoms with Gasteiger partial charge in [0, 0.05) is 21.9 Å². The highest BCUT2D eigenvalue weighted by Gasteiger charge is 2.35. The third-order valence-corrected chi connectivity index (χ3v) is 13.5. The molecule has 69 heavy (non-hydrogen) atoms. The number of nitrogens with zero attached hydrogens (tertiary/aromatic N) is 4. The van der Waals surface area contributed by atoms with Gasteiger partial charge in [0.25, 0.3) is 0 Å². The van der Waals surface area contributed by atoms with Gasteiger partial charge in [-0.15, -0.1) is 0 Å². The van der Waals surface area contributed by atoms with Crippen molar-refractivity contribution >= 4 is 63.5 Å². The van der Waals surface area contributed by atoms with E-state index in [0.29, 0.717) is 19.6 Å². The predicted molar refractivity (Wildman–Crippen MR) is 297 cm³/mol. The van der Waals surface area contributed by atoms with Crippen LogP contribution in [0.4, 0.5) is 0 Å². The molecule has 10 aromatic carbocycles. The smallest absolute Gasteiger partial charge is 0.0632 e. The second-order valence-corrected chi connectivity index (χ2v) is 18.2. The van der Waals surface area contributed by atoms with Gasteiger partial charge in [-0.3, -0.25) is 15.0 Å². The Morgan fingerprint density at radius 2 is 0.826 bits per heavy atom. The molecule has 1 aromatic heterocycles. The molecule has 0 amide bonds. The fourth-order valence-electron chi connectivity index (χ4n) is 10.1. The molecule has 0 aliphatic heterocycles. The fraction of sp³-hybridized carbons (Fsp3) is 0.0923. The van der Waals surface area contributed by atoms with Crippen molar-refractivity contribution in [3.05, 3.63) is 246 Å². The second kappa shape index (κ2) is 19.4. The van der Waals surface area contributed by atoms with E-state index in [9.17, 15) is 0 Å². The van der Waals surface area contributed by atoms with Gasteiger partial charge in [-0.2, -0.15) is 0 Å². The standard InChI is InChI=1S/C41H32N2.2C12H11N/c1-41(2)37-14-8-6-12-33(37)34-22-18-29(25-38(34)41)32-11-5-4-10-31(32)28-19-23-40-36(24-28)35-13-7-9-15-39(35)43(40)30-20-16-27(17-21-30)26-42-3;2*1-13-9-10-6-7-11-4-2-3-5-12(11)8-10/h4-25H,3,26H2,1-2H3;2*2-8H,1,9H2. The Morgan fingerprint density at radius 3 is 1.45 bits per heavy atom. The number of para-hydroxylation sites is 1. The van der Waals surface area contributed by atoms with E-state index < -0.39 is 0 Å². The summed E-state index contributed by atoms with van der Waals surface area (Å²) in [5.74, 6) is 0. The molecule has 1 aliphatic carbocycles. The van der Waals surface area contributed by atoms with Gasteiger partial charge in [-0.25, -0.2) is 0 Å². The maximum absolute atomic E-state index is 4.04. The summed E-state index contributed by atoms with van der Waals surface area (Å²) in [5, 5.41) is 7.59. The van der Waals surface area contributed by atoms with Crippen LogP contribution < -0.4 is 0 Å². The lowest BCUT2D eigenvalue weighted by atomic mass is 9.81. The van der Waals surface area contributed by atoms with Gasteiger partial charge in [0.15, 0.2) is 0 Å². The van der Waals surface area contributed by atoms with E-state index >= 15 is 0 Å². The molecule has 334 valence electrons. The SMILES string of the molecule is C=NCc1ccc(-n2c3ccccc3c3cc(-c4ccccc4-c4ccc5c(c4)C(C)(C)c4ccccc4-5)ccc32)cc1.C=NCc1ccc2ccccc2c1.C=NCc1ccc2ccccc2c1. The number of aliphatic imine (C=N–C) groups is 3. The van der Waals surface area contributed by atoms with Crippen LogP contribution in [0.15, 0.2) is 233 Å². The van der Waals surface area contributed by atoms with Gasteiger partial charge in [0.2, 0.25) is 0 Å². The highest BCUT2D eigenvalue weighted by Crippen LogP contribution is 2.50. The average molecular weight is 891 g/mol. The first-order valence-corrected chi connectivity index (χ1v) is 23.5. The summed E-state index contributed by atoms with van der Waals surface area (Å²) in [7, 11) is 0. The van der Waals surface area contributed by atoms with E-state index in [-0.39, 0.29) is 5.41 Å². The minimum Gasteiger partial charge on any atom is -0.309 e. The molecule has 0 bridgehead atoms. The van der Waals surface area contributed by atoms with Crippen LogP contribution in [0, 0.1) is 0 Å². The molecular formula is C65H54N4. The lowest BCUT2D eigenvalue weighted by Crippen LogP contribution is -2.14. The molecule has 0 fully saturated rings. The zero-order chi connectivity index (χ0) is 47.3. The molecule has 12 rings (SSSR count). The zero-order valence-corrected chi connectivity index (χ0v) is 39.3. The fourth-order valence-corrected chi connectivity index (χ4v) is 10.1. The number of aromatic nitrogens is 1. The quantitative estimate of drug-likeness (QED) is 0.130. The third kappa shape index (κ3) is 8.81. The summed E-state index contributed by atoms with van der Waals surface area (Å²) in [6.07, 6.45) is 0. The number of benzene rings is 10. The van der Waals surface area contributed by atoms with Gasteiger partial charge < -0.3 is 4.57 Å². The average Bonchev–Trinajstić information content (AvgIpc) is 3.84. The van der Waals surface area contributed by atoms with Crippen molar-refractivity contribution in [2.45, 2.75) is 38.9 Å². The van der Waals surface area contributed by atoms with Crippen molar-refractivity contribution in [2.75, 3.05) is 0 Å². The highest BCUT2D eigenvalue weighted by molar-refractivity contribution is 6.11. The summed E-state index contributed by atoms with van der Waals surface area (Å²) in [5.41, 5.74) is 17.6. The number of fused-ring (bicyclic) bond motifs is 8. The van der Waals surface area contributed by atoms with Crippen molar-refractivity contribution in [3.63, 3.8) is 0 Å². The van der Waals surface area contributed by atoms with Crippen LogP contribution in [0.3, 0.4) is 0 Å². The Kier molecular flexibility index (Phi) is 12.5. The van der Waals surface area contributed by atoms with Crippen LogP contribution in [0.1, 0.15) is 41.7 Å². The molecular weight excluding hydrogens is 837 g/mol. The minimum atomic E-state index is -0.0297. The first kappa shape index (κ1) is 44.4. The first-order valence-electron chi connectivity index (χ1n) is 23.5. The van der Waals surface area contributed by atoms with Crippen molar-refractivity contribution in [3.8, 4) is 39.1 Å². The van der Waals surface area contributed by atoms with Crippen molar-refractivity contribution < 1.29 is 0 Å². The van der Waals surface area contributed by atoms with Gasteiger partial charge in [0.05, 0.1) is 30.7 Å². The van der Waals surface area contributed by atoms with Gasteiger partial charge in [-0.05, 0) is 151 Å². The lowest BCUT2D eigenvalue weighted by molar-refractivity contribution is 0.660. The summed E-state index contributed by atoms with van der Waals surface area (Å²) >= 11 is 0. The van der Waals surface area contributed by atoms with Gasteiger partial charge in [0.1, 0.15) is 0 Å². The van der Waals surface area contributed by atoms with Gasteiger partial charge >= 0.3 is 0 Å². The maximum atomic E-state index is 4.04. The van der Waals surface area contributed by atoms with Crippen molar-refractivity contribution in [1.29, 1.82) is 0 Å². The Bertz CT molecular complexity index is 3600. The van der Waals surface area contributed by atoms with E-state index in [4.69, 9.17) is 0 Å². The van der Waals surface area contributed by atoms with E-state index in [1.165, 1.54) is 99.0 Å². The Labute approximate surface area is 405 Å². The van der Waals surface area contributed by atoms with Crippen LogP contribution in [0.5, 0.6) is 0 Å². The lowest BCUT2D eigenvalue weighted by Gasteiger charge is -2.22. The molecule has 0 spiro atoms. The zero-order valence-electron chi connectivity index (χ0n) is 39.3. The molecule has 0 saturated heterocycles. The Morgan fingerprint density at radius 1 is 0.362 bits per heavy atom. The molecule has 1 heterocycles. The van der Waals surface area contributed by atoms with Crippen LogP contribution in [-0.4, -0.2) is 24.7 Å². The highest BCUT2D eigenvalue weighted by atomic mass is 15.0. The molecule has 4 heteroatoms. The van der Waals surface area contributed by atoms with E-state index in [2.05, 4.69) is 248 Å². The molecule has 0 atom stereocenters. The molecule has 1 aliphatic rings. The first-order chi connectivity index (χ1) is 33.8. The van der Waals surface area contributed by atoms with Gasteiger partial charge in [-0.1, -0.05) is 184 Å². The minimum absolute atomic E-state index is 0.0297. The Hall–Kier alpha value is -8.47. The van der Waals surface area contributed by atoms with Crippen LogP contribution in [0.2, 0.25) is 0 Å². The molecule has 0 N–H and O–H groups in total. The van der Waals surface area contributed by atoms with E-state index in [1.54, 1.807) is 0 Å². The summed E-state index contributed by atoms with van der Waals surface area (Å²) in [4.78, 5) is 11.8. The molecule has 0 unspecified atom stereocenters. The van der Waals surface area contributed by atoms with Crippen molar-refractivity contribution in [1.82, 2.24) is 4.57 Å². The van der Waals surface area contributed by atoms with Crippen LogP contribution >= 0.6 is 0 Å². The number of rotatable bonds is 9.